The van der Waals surface area contributed by atoms with Crippen LogP contribution in [0.15, 0.2) is 24.3 Å². The average molecular weight is 552 g/mol. The Morgan fingerprint density at radius 1 is 1.17 bits per heavy atom. The number of halogens is 1. The second-order valence-electron chi connectivity index (χ2n) is 10.9. The van der Waals surface area contributed by atoms with Crippen LogP contribution in [0.5, 0.6) is 0 Å². The van der Waals surface area contributed by atoms with Crippen molar-refractivity contribution in [1.29, 1.82) is 0 Å². The summed E-state index contributed by atoms with van der Waals surface area (Å²) < 4.78 is 33.1. The number of nitrogens with zero attached hydrogens (tertiary/aromatic N) is 4. The number of nitrogens with one attached hydrogen (secondary N) is 1. The first-order chi connectivity index (χ1) is 17.1. The number of Topliss-reactive ketones (excluding diaryl/α,β-unsaturated/α-hetero) is 1. The van der Waals surface area contributed by atoms with Crippen molar-refractivity contribution in [1.82, 2.24) is 19.0 Å². The highest BCUT2D eigenvalue weighted by Crippen LogP contribution is 2.64. The Hall–Kier alpha value is -1.59. The predicted molar refractivity (Wildman–Crippen MR) is 143 cm³/mol. The summed E-state index contributed by atoms with van der Waals surface area (Å²) in [5, 5.41) is 1.65. The van der Waals surface area contributed by atoms with E-state index >= 15 is 0 Å². The van der Waals surface area contributed by atoms with Crippen molar-refractivity contribution in [3.05, 3.63) is 40.7 Å². The molecule has 196 valence electrons. The van der Waals surface area contributed by atoms with Gasteiger partial charge in [0.25, 0.3) is 0 Å². The maximum atomic E-state index is 12.9. The molecule has 1 aromatic heterocycles. The fraction of sp³-hybridized carbons (Fsp3) is 0.640. The summed E-state index contributed by atoms with van der Waals surface area (Å²) in [5.41, 5.74) is 0.168. The zero-order chi connectivity index (χ0) is 25.6. The van der Waals surface area contributed by atoms with E-state index in [9.17, 15) is 13.2 Å². The molecule has 2 bridgehead atoms. The van der Waals surface area contributed by atoms with E-state index in [1.165, 1.54) is 11.5 Å². The Morgan fingerprint density at radius 2 is 1.89 bits per heavy atom. The number of fused-ring (bicyclic) bond motifs is 2. The summed E-state index contributed by atoms with van der Waals surface area (Å²) in [6.07, 6.45) is 2.86. The van der Waals surface area contributed by atoms with Crippen LogP contribution in [0.2, 0.25) is 5.02 Å². The van der Waals surface area contributed by atoms with Gasteiger partial charge in [-0.25, -0.2) is 18.1 Å². The van der Waals surface area contributed by atoms with Gasteiger partial charge in [0, 0.05) is 74.1 Å². The summed E-state index contributed by atoms with van der Waals surface area (Å²) in [4.78, 5) is 21.9. The Balaban J connectivity index is 1.07. The highest BCUT2D eigenvalue weighted by molar-refractivity contribution is 7.89. The van der Waals surface area contributed by atoms with Crippen molar-refractivity contribution in [2.75, 3.05) is 49.9 Å². The van der Waals surface area contributed by atoms with Gasteiger partial charge in [-0.2, -0.15) is 4.37 Å². The molecule has 0 amide bonds. The van der Waals surface area contributed by atoms with E-state index in [0.29, 0.717) is 38.3 Å². The van der Waals surface area contributed by atoms with Crippen LogP contribution in [0, 0.1) is 16.7 Å². The SMILES string of the molecule is CC1(C)C2CCC1(CS(=O)(=O)NCCN1CCN(c3nc(Cc4ccc(Cl)cc4)ns3)CC1)C(=O)C2. The van der Waals surface area contributed by atoms with E-state index in [1.807, 2.05) is 24.3 Å². The van der Waals surface area contributed by atoms with Gasteiger partial charge < -0.3 is 4.90 Å². The van der Waals surface area contributed by atoms with Gasteiger partial charge in [0.15, 0.2) is 0 Å². The van der Waals surface area contributed by atoms with E-state index in [1.54, 1.807) is 0 Å². The molecule has 5 rings (SSSR count). The number of benzene rings is 1. The standard InChI is InChI=1S/C25H34ClN5O3S2/c1-24(2)19-7-8-25(24,21(32)16-19)17-36(33,34)27-9-10-30-11-13-31(14-12-30)23-28-22(29-35-23)15-18-3-5-20(26)6-4-18/h3-6,19,27H,7-17H2,1-2H3. The molecule has 3 aliphatic rings. The van der Waals surface area contributed by atoms with Crippen molar-refractivity contribution in [2.24, 2.45) is 16.7 Å². The Morgan fingerprint density at radius 3 is 2.53 bits per heavy atom. The number of piperazine rings is 1. The summed E-state index contributed by atoms with van der Waals surface area (Å²) in [6.45, 7) is 8.49. The third-order valence-electron chi connectivity index (χ3n) is 8.70. The third-order valence-corrected chi connectivity index (χ3v) is 11.3. The van der Waals surface area contributed by atoms with Crippen LogP contribution in [0.4, 0.5) is 5.13 Å². The summed E-state index contributed by atoms with van der Waals surface area (Å²) in [6, 6.07) is 7.74. The molecule has 0 radical (unpaired) electrons. The molecular formula is C25H34ClN5O3S2. The molecular weight excluding hydrogens is 518 g/mol. The van der Waals surface area contributed by atoms with E-state index in [2.05, 4.69) is 32.7 Å². The number of hydrogen-bond acceptors (Lipinski definition) is 8. The van der Waals surface area contributed by atoms with Gasteiger partial charge in [0.2, 0.25) is 15.2 Å². The molecule has 0 spiro atoms. The van der Waals surface area contributed by atoms with Gasteiger partial charge in [0.1, 0.15) is 11.6 Å². The average Bonchev–Trinajstić information content (AvgIpc) is 3.44. The van der Waals surface area contributed by atoms with Crippen LogP contribution in [-0.4, -0.2) is 73.5 Å². The fourth-order valence-corrected chi connectivity index (χ4v) is 8.93. The Bertz CT molecular complexity index is 1210. The second-order valence-corrected chi connectivity index (χ2v) is 13.9. The topological polar surface area (TPSA) is 95.5 Å². The molecule has 3 fully saturated rings. The zero-order valence-corrected chi connectivity index (χ0v) is 23.3. The minimum atomic E-state index is -3.52. The van der Waals surface area contributed by atoms with Crippen molar-refractivity contribution in [3.8, 4) is 0 Å². The van der Waals surface area contributed by atoms with Gasteiger partial charge in [-0.15, -0.1) is 0 Å². The monoisotopic (exact) mass is 551 g/mol. The van der Waals surface area contributed by atoms with Crippen LogP contribution < -0.4 is 9.62 Å². The van der Waals surface area contributed by atoms with Crippen molar-refractivity contribution < 1.29 is 13.2 Å². The summed E-state index contributed by atoms with van der Waals surface area (Å²) in [5.74, 6) is 1.19. The first-order valence-electron chi connectivity index (χ1n) is 12.6. The molecule has 2 saturated carbocycles. The Kier molecular flexibility index (Phi) is 7.19. The first kappa shape index (κ1) is 26.0. The molecule has 36 heavy (non-hydrogen) atoms. The molecule has 1 N–H and O–H groups in total. The van der Waals surface area contributed by atoms with Gasteiger partial charge in [0.05, 0.1) is 5.75 Å². The highest BCUT2D eigenvalue weighted by Gasteiger charge is 2.65. The van der Waals surface area contributed by atoms with E-state index in [4.69, 9.17) is 16.6 Å². The molecule has 2 aliphatic carbocycles. The van der Waals surface area contributed by atoms with Crippen LogP contribution in [-0.2, 0) is 21.2 Å². The molecule has 1 aromatic carbocycles. The van der Waals surface area contributed by atoms with Crippen molar-refractivity contribution in [2.45, 2.75) is 39.5 Å². The number of aromatic nitrogens is 2. The lowest BCUT2D eigenvalue weighted by atomic mass is 9.70. The molecule has 2 unspecified atom stereocenters. The molecule has 1 aliphatic heterocycles. The molecule has 2 atom stereocenters. The van der Waals surface area contributed by atoms with Gasteiger partial charge in [-0.05, 0) is 41.9 Å². The maximum Gasteiger partial charge on any atom is 0.212 e. The van der Waals surface area contributed by atoms with Gasteiger partial charge >= 0.3 is 0 Å². The molecule has 8 nitrogen and oxygen atoms in total. The number of carbonyl (C=O) groups is 1. The van der Waals surface area contributed by atoms with Crippen LogP contribution in [0.1, 0.15) is 44.5 Å². The van der Waals surface area contributed by atoms with Crippen LogP contribution in [0.25, 0.3) is 0 Å². The normalized spacial score (nSPS) is 26.1. The third kappa shape index (κ3) is 5.07. The summed E-state index contributed by atoms with van der Waals surface area (Å²) in [7, 11) is -3.52. The number of anilines is 1. The number of carbonyl (C=O) groups excluding carboxylic acids is 1. The van der Waals surface area contributed by atoms with Gasteiger partial charge in [-0.1, -0.05) is 37.6 Å². The maximum absolute atomic E-state index is 12.9. The number of hydrogen-bond donors (Lipinski definition) is 1. The highest BCUT2D eigenvalue weighted by atomic mass is 35.5. The number of ketones is 1. The quantitative estimate of drug-likeness (QED) is 0.511. The second kappa shape index (κ2) is 9.94. The zero-order valence-electron chi connectivity index (χ0n) is 20.9. The lowest BCUT2D eigenvalue weighted by Crippen LogP contribution is -2.49. The smallest absolute Gasteiger partial charge is 0.212 e. The minimum Gasteiger partial charge on any atom is -0.344 e. The van der Waals surface area contributed by atoms with E-state index in [-0.39, 0.29) is 17.0 Å². The number of rotatable bonds is 9. The molecule has 11 heteroatoms. The molecule has 1 saturated heterocycles. The minimum absolute atomic E-state index is 0.0779. The largest absolute Gasteiger partial charge is 0.344 e. The molecule has 2 heterocycles. The lowest BCUT2D eigenvalue weighted by molar-refractivity contribution is -0.128. The predicted octanol–water partition coefficient (Wildman–Crippen LogP) is 3.22. The van der Waals surface area contributed by atoms with E-state index in [0.717, 1.165) is 54.1 Å². The summed E-state index contributed by atoms with van der Waals surface area (Å²) >= 11 is 7.38. The Labute approximate surface area is 222 Å². The van der Waals surface area contributed by atoms with Crippen molar-refractivity contribution in [3.63, 3.8) is 0 Å². The first-order valence-corrected chi connectivity index (χ1v) is 15.4. The molecule has 2 aromatic rings. The fourth-order valence-electron chi connectivity index (χ4n) is 6.24. The van der Waals surface area contributed by atoms with Crippen LogP contribution in [0.3, 0.4) is 0 Å². The van der Waals surface area contributed by atoms with Gasteiger partial charge in [-0.3, -0.25) is 9.69 Å². The van der Waals surface area contributed by atoms with Crippen molar-refractivity contribution >= 4 is 44.1 Å². The van der Waals surface area contributed by atoms with E-state index < -0.39 is 15.4 Å². The number of sulfonamides is 1. The lowest BCUT2D eigenvalue weighted by Gasteiger charge is -2.36. The van der Waals surface area contributed by atoms with Crippen LogP contribution >= 0.6 is 23.1 Å².